The smallest absolute Gasteiger partial charge is 0.227 e. The third kappa shape index (κ3) is 5.95. The van der Waals surface area contributed by atoms with E-state index < -0.39 is 0 Å². The highest BCUT2D eigenvalue weighted by Gasteiger charge is 2.29. The number of methoxy groups -OCH3 is 1. The van der Waals surface area contributed by atoms with E-state index in [-0.39, 0.29) is 29.4 Å². The molecule has 0 unspecified atom stereocenters. The van der Waals surface area contributed by atoms with Gasteiger partial charge < -0.3 is 15.4 Å². The molecule has 0 saturated heterocycles. The zero-order chi connectivity index (χ0) is 18.9. The lowest BCUT2D eigenvalue weighted by atomic mass is 9.81. The van der Waals surface area contributed by atoms with Crippen molar-refractivity contribution in [2.45, 2.75) is 39.0 Å². The average Bonchev–Trinajstić information content (AvgIpc) is 2.65. The summed E-state index contributed by atoms with van der Waals surface area (Å²) in [7, 11) is 1.64. The summed E-state index contributed by atoms with van der Waals surface area (Å²) in [6.45, 7) is 2.78. The summed E-state index contributed by atoms with van der Waals surface area (Å²) < 4.78 is 4.96. The molecule has 0 aliphatic heterocycles. The van der Waals surface area contributed by atoms with Crippen molar-refractivity contribution in [2.24, 2.45) is 11.8 Å². The molecule has 1 aliphatic carbocycles. The molecular formula is C20H28N2O4. The molecule has 0 atom stereocenters. The van der Waals surface area contributed by atoms with Crippen LogP contribution in [0.4, 0.5) is 5.69 Å². The number of hydrogen-bond acceptors (Lipinski definition) is 4. The van der Waals surface area contributed by atoms with Gasteiger partial charge >= 0.3 is 0 Å². The first-order valence-electron chi connectivity index (χ1n) is 9.19. The van der Waals surface area contributed by atoms with Crippen LogP contribution in [0, 0.1) is 11.8 Å². The molecule has 0 heterocycles. The number of anilines is 1. The lowest BCUT2D eigenvalue weighted by Gasteiger charge is -2.27. The molecule has 2 N–H and O–H groups in total. The van der Waals surface area contributed by atoms with Gasteiger partial charge in [-0.1, -0.05) is 0 Å². The number of nitrogens with one attached hydrogen (secondary N) is 2. The number of Topliss-reactive ketones (excluding diaryl/α,β-unsaturated/α-hetero) is 1. The zero-order valence-corrected chi connectivity index (χ0v) is 15.5. The molecule has 0 aromatic heterocycles. The Morgan fingerprint density at radius 2 is 1.58 bits per heavy atom. The van der Waals surface area contributed by atoms with E-state index in [2.05, 4.69) is 10.6 Å². The van der Waals surface area contributed by atoms with E-state index in [0.717, 1.165) is 19.3 Å². The fraction of sp³-hybridized carbons (Fsp3) is 0.550. The van der Waals surface area contributed by atoms with Crippen LogP contribution in [0.15, 0.2) is 24.3 Å². The van der Waals surface area contributed by atoms with E-state index in [9.17, 15) is 14.4 Å². The number of ether oxygens (including phenoxy) is 1. The predicted octanol–water partition coefficient (Wildman–Crippen LogP) is 2.79. The number of carbonyl (C=O) groups is 3. The van der Waals surface area contributed by atoms with Crippen LogP contribution in [0.5, 0.6) is 0 Å². The van der Waals surface area contributed by atoms with Gasteiger partial charge in [0, 0.05) is 43.3 Å². The van der Waals surface area contributed by atoms with E-state index in [1.54, 1.807) is 31.4 Å². The maximum absolute atomic E-state index is 12.4. The Balaban J connectivity index is 1.75. The fourth-order valence-electron chi connectivity index (χ4n) is 3.22. The monoisotopic (exact) mass is 360 g/mol. The molecule has 2 amide bonds. The van der Waals surface area contributed by atoms with Crippen LogP contribution in [0.2, 0.25) is 0 Å². The SMILES string of the molecule is COCCCNC(=O)C1CCC(C(=O)Nc2ccc(C(C)=O)cc2)CC1. The number of carbonyl (C=O) groups excluding carboxylic acids is 3. The normalized spacial score (nSPS) is 19.6. The second-order valence-electron chi connectivity index (χ2n) is 6.81. The van der Waals surface area contributed by atoms with Crippen molar-refractivity contribution in [3.05, 3.63) is 29.8 Å². The molecule has 1 aromatic carbocycles. The second-order valence-corrected chi connectivity index (χ2v) is 6.81. The molecule has 6 heteroatoms. The van der Waals surface area contributed by atoms with Gasteiger partial charge in [-0.3, -0.25) is 14.4 Å². The molecule has 0 spiro atoms. The van der Waals surface area contributed by atoms with Crippen molar-refractivity contribution in [3.8, 4) is 0 Å². The molecule has 1 aliphatic rings. The van der Waals surface area contributed by atoms with Gasteiger partial charge in [0.05, 0.1) is 0 Å². The lowest BCUT2D eigenvalue weighted by molar-refractivity contribution is -0.128. The minimum atomic E-state index is -0.0694. The second kappa shape index (κ2) is 10.1. The highest BCUT2D eigenvalue weighted by molar-refractivity contribution is 5.96. The number of ketones is 1. The standard InChI is InChI=1S/C20H28N2O4/c1-14(23)15-8-10-18(11-9-15)22-20(25)17-6-4-16(5-7-17)19(24)21-12-3-13-26-2/h8-11,16-17H,3-7,12-13H2,1-2H3,(H,21,24)(H,22,25). The van der Waals surface area contributed by atoms with Crippen molar-refractivity contribution < 1.29 is 19.1 Å². The summed E-state index contributed by atoms with van der Waals surface area (Å²) >= 11 is 0. The third-order valence-electron chi connectivity index (χ3n) is 4.85. The Kier molecular flexibility index (Phi) is 7.78. The quantitative estimate of drug-likeness (QED) is 0.551. The maximum atomic E-state index is 12.4. The maximum Gasteiger partial charge on any atom is 0.227 e. The van der Waals surface area contributed by atoms with Crippen LogP contribution in [0.1, 0.15) is 49.4 Å². The van der Waals surface area contributed by atoms with Gasteiger partial charge in [0.1, 0.15) is 0 Å². The van der Waals surface area contributed by atoms with Gasteiger partial charge in [0.15, 0.2) is 5.78 Å². The minimum absolute atomic E-state index is 0.00157. The summed E-state index contributed by atoms with van der Waals surface area (Å²) in [4.78, 5) is 35.8. The minimum Gasteiger partial charge on any atom is -0.385 e. The highest BCUT2D eigenvalue weighted by atomic mass is 16.5. The van der Waals surface area contributed by atoms with Gasteiger partial charge in [-0.05, 0) is 63.3 Å². The Morgan fingerprint density at radius 3 is 2.12 bits per heavy atom. The van der Waals surface area contributed by atoms with E-state index in [4.69, 9.17) is 4.74 Å². The van der Waals surface area contributed by atoms with Gasteiger partial charge in [0.25, 0.3) is 0 Å². The number of hydrogen-bond donors (Lipinski definition) is 2. The average molecular weight is 360 g/mol. The molecule has 26 heavy (non-hydrogen) atoms. The van der Waals surface area contributed by atoms with Crippen molar-refractivity contribution >= 4 is 23.3 Å². The molecular weight excluding hydrogens is 332 g/mol. The van der Waals surface area contributed by atoms with Gasteiger partial charge in [-0.2, -0.15) is 0 Å². The first-order chi connectivity index (χ1) is 12.5. The Morgan fingerprint density at radius 1 is 1.00 bits per heavy atom. The highest BCUT2D eigenvalue weighted by Crippen LogP contribution is 2.30. The summed E-state index contributed by atoms with van der Waals surface area (Å²) in [5.41, 5.74) is 1.32. The molecule has 6 nitrogen and oxygen atoms in total. The summed E-state index contributed by atoms with van der Waals surface area (Å²) in [6, 6.07) is 6.91. The number of rotatable bonds is 8. The zero-order valence-electron chi connectivity index (χ0n) is 15.5. The lowest BCUT2D eigenvalue weighted by Crippen LogP contribution is -2.36. The van der Waals surface area contributed by atoms with Crippen LogP contribution in [0.25, 0.3) is 0 Å². The Hall–Kier alpha value is -2.21. The number of amides is 2. The Labute approximate surface area is 154 Å². The van der Waals surface area contributed by atoms with E-state index in [0.29, 0.717) is 37.2 Å². The molecule has 1 aromatic rings. The molecule has 1 fully saturated rings. The summed E-state index contributed by atoms with van der Waals surface area (Å²) in [6.07, 6.45) is 3.71. The van der Waals surface area contributed by atoms with E-state index in [1.165, 1.54) is 6.92 Å². The van der Waals surface area contributed by atoms with Gasteiger partial charge in [0.2, 0.25) is 11.8 Å². The predicted molar refractivity (Wildman–Crippen MR) is 100 cm³/mol. The van der Waals surface area contributed by atoms with Crippen molar-refractivity contribution in [1.82, 2.24) is 5.32 Å². The Bertz CT molecular complexity index is 619. The van der Waals surface area contributed by atoms with E-state index >= 15 is 0 Å². The molecule has 0 radical (unpaired) electrons. The summed E-state index contributed by atoms with van der Waals surface area (Å²) in [5, 5.41) is 5.84. The van der Waals surface area contributed by atoms with Crippen LogP contribution in [0.3, 0.4) is 0 Å². The van der Waals surface area contributed by atoms with Gasteiger partial charge in [-0.25, -0.2) is 0 Å². The van der Waals surface area contributed by atoms with Crippen LogP contribution < -0.4 is 10.6 Å². The molecule has 0 bridgehead atoms. The topological polar surface area (TPSA) is 84.5 Å². The van der Waals surface area contributed by atoms with Crippen molar-refractivity contribution in [3.63, 3.8) is 0 Å². The van der Waals surface area contributed by atoms with Crippen LogP contribution in [-0.2, 0) is 14.3 Å². The first-order valence-corrected chi connectivity index (χ1v) is 9.19. The summed E-state index contributed by atoms with van der Waals surface area (Å²) in [5.74, 6) is -0.00234. The van der Waals surface area contributed by atoms with Crippen LogP contribution >= 0.6 is 0 Å². The largest absolute Gasteiger partial charge is 0.385 e. The molecule has 1 saturated carbocycles. The van der Waals surface area contributed by atoms with Gasteiger partial charge in [-0.15, -0.1) is 0 Å². The van der Waals surface area contributed by atoms with Crippen molar-refractivity contribution in [2.75, 3.05) is 25.6 Å². The fourth-order valence-corrected chi connectivity index (χ4v) is 3.22. The van der Waals surface area contributed by atoms with Crippen molar-refractivity contribution in [1.29, 1.82) is 0 Å². The molecule has 2 rings (SSSR count). The first kappa shape index (κ1) is 20.1. The van der Waals surface area contributed by atoms with Crippen LogP contribution in [-0.4, -0.2) is 37.9 Å². The number of benzene rings is 1. The van der Waals surface area contributed by atoms with E-state index in [1.807, 2.05) is 0 Å². The molecule has 142 valence electrons. The third-order valence-corrected chi connectivity index (χ3v) is 4.85.